The maximum Gasteiger partial charge on any atom is 0.186 e. The van der Waals surface area contributed by atoms with Crippen molar-refractivity contribution >= 4 is 22.6 Å². The van der Waals surface area contributed by atoms with E-state index in [0.717, 1.165) is 11.1 Å². The molecule has 0 spiro atoms. The van der Waals surface area contributed by atoms with Gasteiger partial charge in [0.2, 0.25) is 0 Å². The molecule has 3 rings (SSSR count). The van der Waals surface area contributed by atoms with E-state index in [1.807, 2.05) is 30.3 Å². The summed E-state index contributed by atoms with van der Waals surface area (Å²) < 4.78 is 1.65. The highest BCUT2D eigenvalue weighted by Crippen LogP contribution is 2.23. The number of nitrogens with zero attached hydrogens (tertiary/aromatic N) is 4. The van der Waals surface area contributed by atoms with Crippen LogP contribution >= 0.6 is 11.6 Å². The predicted octanol–water partition coefficient (Wildman–Crippen LogP) is 2.47. The van der Waals surface area contributed by atoms with Crippen molar-refractivity contribution in [3.05, 3.63) is 48.0 Å². The van der Waals surface area contributed by atoms with Crippen LogP contribution in [0.15, 0.2) is 42.9 Å². The Morgan fingerprint density at radius 2 is 1.94 bits per heavy atom. The van der Waals surface area contributed by atoms with Gasteiger partial charge in [-0.3, -0.25) is 0 Å². The first kappa shape index (κ1) is 9.30. The maximum absolute atomic E-state index is 6.21. The zero-order chi connectivity index (χ0) is 11.0. The molecule has 2 heterocycles. The van der Waals surface area contributed by atoms with E-state index in [-0.39, 0.29) is 0 Å². The molecular formula is C11H7ClN4. The maximum atomic E-state index is 6.21. The van der Waals surface area contributed by atoms with Gasteiger partial charge in [0, 0.05) is 6.20 Å². The fourth-order valence-electron chi connectivity index (χ4n) is 1.54. The van der Waals surface area contributed by atoms with Crippen molar-refractivity contribution in [1.29, 1.82) is 0 Å². The van der Waals surface area contributed by atoms with Gasteiger partial charge in [0.15, 0.2) is 5.65 Å². The largest absolute Gasteiger partial charge is 0.244 e. The van der Waals surface area contributed by atoms with Crippen LogP contribution in [0, 0.1) is 0 Å². The summed E-state index contributed by atoms with van der Waals surface area (Å²) in [4.78, 5) is 7.99. The zero-order valence-electron chi connectivity index (χ0n) is 8.21. The fourth-order valence-corrected chi connectivity index (χ4v) is 1.81. The first-order valence-corrected chi connectivity index (χ1v) is 5.14. The van der Waals surface area contributed by atoms with Gasteiger partial charge in [-0.2, -0.15) is 0 Å². The predicted molar refractivity (Wildman–Crippen MR) is 61.7 cm³/mol. The smallest absolute Gasteiger partial charge is 0.186 e. The number of rotatable bonds is 1. The molecule has 3 aromatic rings. The Balaban J connectivity index is 2.29. The quantitative estimate of drug-likeness (QED) is 0.645. The highest BCUT2D eigenvalue weighted by molar-refractivity contribution is 6.34. The van der Waals surface area contributed by atoms with Gasteiger partial charge in [-0.25, -0.2) is 14.6 Å². The van der Waals surface area contributed by atoms with Crippen LogP contribution in [-0.2, 0) is 0 Å². The summed E-state index contributed by atoms with van der Waals surface area (Å²) in [5.41, 5.74) is 1.51. The molecule has 0 fully saturated rings. The summed E-state index contributed by atoms with van der Waals surface area (Å²) in [6, 6.07) is 9.68. The Morgan fingerprint density at radius 1 is 1.12 bits per heavy atom. The number of hydrogen-bond donors (Lipinski definition) is 0. The molecule has 0 unspecified atom stereocenters. The summed E-state index contributed by atoms with van der Waals surface area (Å²) in [5, 5.41) is 5.60. The lowest BCUT2D eigenvalue weighted by Gasteiger charge is -2.00. The van der Waals surface area contributed by atoms with Crippen molar-refractivity contribution in [1.82, 2.24) is 19.7 Å². The molecule has 0 aliphatic carbocycles. The van der Waals surface area contributed by atoms with Crippen molar-refractivity contribution in [2.75, 3.05) is 0 Å². The second-order valence-electron chi connectivity index (χ2n) is 3.30. The van der Waals surface area contributed by atoms with Gasteiger partial charge in [-0.1, -0.05) is 29.8 Å². The normalized spacial score (nSPS) is 10.8. The van der Waals surface area contributed by atoms with Crippen molar-refractivity contribution in [2.45, 2.75) is 0 Å². The molecule has 16 heavy (non-hydrogen) atoms. The molecule has 0 atom stereocenters. The molecular weight excluding hydrogens is 224 g/mol. The van der Waals surface area contributed by atoms with Gasteiger partial charge in [0.25, 0.3) is 0 Å². The first-order valence-electron chi connectivity index (χ1n) is 4.76. The monoisotopic (exact) mass is 230 g/mol. The van der Waals surface area contributed by atoms with Crippen molar-refractivity contribution in [3.8, 4) is 5.69 Å². The summed E-state index contributed by atoms with van der Waals surface area (Å²) in [6.07, 6.45) is 3.12. The first-order chi connectivity index (χ1) is 7.86. The van der Waals surface area contributed by atoms with E-state index in [1.54, 1.807) is 10.9 Å². The van der Waals surface area contributed by atoms with Crippen LogP contribution in [-0.4, -0.2) is 19.7 Å². The fraction of sp³-hybridized carbons (Fsp3) is 0. The molecule has 0 amide bonds. The molecule has 5 heteroatoms. The van der Waals surface area contributed by atoms with Gasteiger partial charge < -0.3 is 0 Å². The Labute approximate surface area is 96.5 Å². The number of fused-ring (bicyclic) bond motifs is 1. The molecule has 0 radical (unpaired) electrons. The van der Waals surface area contributed by atoms with E-state index in [2.05, 4.69) is 15.1 Å². The standard InChI is InChI=1S/C11H7ClN4/c12-10-9-6-13-7-14-11(9)15-16(10)8-4-2-1-3-5-8/h1-7H. The third kappa shape index (κ3) is 1.35. The van der Waals surface area contributed by atoms with E-state index in [9.17, 15) is 0 Å². The summed E-state index contributed by atoms with van der Waals surface area (Å²) in [7, 11) is 0. The van der Waals surface area contributed by atoms with E-state index < -0.39 is 0 Å². The van der Waals surface area contributed by atoms with Crippen molar-refractivity contribution in [3.63, 3.8) is 0 Å². The number of aromatic nitrogens is 4. The Hall–Kier alpha value is -1.94. The highest BCUT2D eigenvalue weighted by atomic mass is 35.5. The van der Waals surface area contributed by atoms with Crippen LogP contribution in [0.4, 0.5) is 0 Å². The topological polar surface area (TPSA) is 43.6 Å². The molecule has 0 saturated carbocycles. The molecule has 4 nitrogen and oxygen atoms in total. The Kier molecular flexibility index (Phi) is 2.08. The minimum atomic E-state index is 0.529. The van der Waals surface area contributed by atoms with Gasteiger partial charge in [-0.05, 0) is 12.1 Å². The number of halogens is 1. The van der Waals surface area contributed by atoms with Crippen LogP contribution in [0.1, 0.15) is 0 Å². The lowest BCUT2D eigenvalue weighted by molar-refractivity contribution is 0.890. The summed E-state index contributed by atoms with van der Waals surface area (Å²) in [6.45, 7) is 0. The molecule has 2 aromatic heterocycles. The third-order valence-corrected chi connectivity index (χ3v) is 2.66. The average Bonchev–Trinajstić information content (AvgIpc) is 2.69. The van der Waals surface area contributed by atoms with Crippen LogP contribution in [0.3, 0.4) is 0 Å². The van der Waals surface area contributed by atoms with Gasteiger partial charge in [0.05, 0.1) is 11.1 Å². The Bertz CT molecular complexity index is 633. The second kappa shape index (κ2) is 3.57. The van der Waals surface area contributed by atoms with E-state index in [4.69, 9.17) is 11.6 Å². The van der Waals surface area contributed by atoms with Crippen molar-refractivity contribution in [2.24, 2.45) is 0 Å². The number of para-hydroxylation sites is 1. The molecule has 0 bridgehead atoms. The van der Waals surface area contributed by atoms with E-state index in [0.29, 0.717) is 10.8 Å². The molecule has 0 aliphatic rings. The lowest BCUT2D eigenvalue weighted by atomic mass is 10.3. The second-order valence-corrected chi connectivity index (χ2v) is 3.66. The Morgan fingerprint density at radius 3 is 2.69 bits per heavy atom. The number of benzene rings is 1. The van der Waals surface area contributed by atoms with E-state index >= 15 is 0 Å². The minimum Gasteiger partial charge on any atom is -0.244 e. The zero-order valence-corrected chi connectivity index (χ0v) is 8.96. The van der Waals surface area contributed by atoms with Crippen LogP contribution in [0.25, 0.3) is 16.7 Å². The molecule has 1 aromatic carbocycles. The molecule has 78 valence electrons. The van der Waals surface area contributed by atoms with Crippen LogP contribution < -0.4 is 0 Å². The summed E-state index contributed by atoms with van der Waals surface area (Å²) >= 11 is 6.21. The molecule has 0 saturated heterocycles. The van der Waals surface area contributed by atoms with Crippen molar-refractivity contribution < 1.29 is 0 Å². The van der Waals surface area contributed by atoms with Gasteiger partial charge in [0.1, 0.15) is 11.5 Å². The summed E-state index contributed by atoms with van der Waals surface area (Å²) in [5.74, 6) is 0. The molecule has 0 aliphatic heterocycles. The van der Waals surface area contributed by atoms with Crippen LogP contribution in [0.2, 0.25) is 5.15 Å². The highest BCUT2D eigenvalue weighted by Gasteiger charge is 2.10. The SMILES string of the molecule is Clc1c2cncnc2nn1-c1ccccc1. The lowest BCUT2D eigenvalue weighted by Crippen LogP contribution is -1.95. The third-order valence-electron chi connectivity index (χ3n) is 2.29. The van der Waals surface area contributed by atoms with Gasteiger partial charge >= 0.3 is 0 Å². The van der Waals surface area contributed by atoms with Crippen LogP contribution in [0.5, 0.6) is 0 Å². The molecule has 0 N–H and O–H groups in total. The average molecular weight is 231 g/mol. The number of hydrogen-bond acceptors (Lipinski definition) is 3. The van der Waals surface area contributed by atoms with E-state index in [1.165, 1.54) is 6.33 Å². The minimum absolute atomic E-state index is 0.529. The van der Waals surface area contributed by atoms with Gasteiger partial charge in [-0.15, -0.1) is 5.10 Å².